The Hall–Kier alpha value is -5.34. The van der Waals surface area contributed by atoms with E-state index in [-0.39, 0.29) is 31.7 Å². The van der Waals surface area contributed by atoms with Crippen molar-refractivity contribution in [3.8, 4) is 5.75 Å². The van der Waals surface area contributed by atoms with E-state index in [1.807, 2.05) is 50.2 Å². The average molecular weight is 697 g/mol. The Morgan fingerprint density at radius 2 is 1.88 bits per heavy atom. The highest BCUT2D eigenvalue weighted by molar-refractivity contribution is 7.99. The van der Waals surface area contributed by atoms with E-state index >= 15 is 0 Å². The summed E-state index contributed by atoms with van der Waals surface area (Å²) in [7, 11) is 1.56. The number of methoxy groups -OCH3 is 1. The lowest BCUT2D eigenvalue weighted by Gasteiger charge is -2.30. The fourth-order valence-electron chi connectivity index (χ4n) is 5.99. The molecule has 250 valence electrons. The number of ether oxygens (including phenoxy) is 1. The maximum Gasteiger partial charge on any atom is 0.283 e. The zero-order valence-corrected chi connectivity index (χ0v) is 29.0. The normalized spacial score (nSPS) is 14.5. The molecule has 1 amide bonds. The van der Waals surface area contributed by atoms with Crippen molar-refractivity contribution in [1.82, 2.24) is 19.4 Å². The number of H-pyrrole nitrogens is 1. The minimum atomic E-state index is -0.857. The van der Waals surface area contributed by atoms with Gasteiger partial charge in [0.15, 0.2) is 9.96 Å². The standard InChI is InChI=1S/C35H32N6O6S2/c1-6-39(7-2)33(44)29-20(4)37-35-40(31(29)30-23-11-9-8-10-22(23)13-14-25(30)47-5)32(43)27(49-35)18-21-12-15-26(24(17-21)41(45)46)48-34-36-19(3)16-28(42)38-34/h8-18,31H,6-7H2,1-5H3,(H,36,38,42)/b27-18-/t31-/m1/s1. The molecule has 3 aromatic carbocycles. The predicted octanol–water partition coefficient (Wildman–Crippen LogP) is 4.72. The van der Waals surface area contributed by atoms with Crippen molar-refractivity contribution in [2.45, 2.75) is 43.8 Å². The van der Waals surface area contributed by atoms with Gasteiger partial charge >= 0.3 is 0 Å². The monoisotopic (exact) mass is 696 g/mol. The van der Waals surface area contributed by atoms with Crippen LogP contribution in [0.1, 0.15) is 43.6 Å². The Morgan fingerprint density at radius 3 is 2.57 bits per heavy atom. The molecule has 6 rings (SSSR count). The van der Waals surface area contributed by atoms with Gasteiger partial charge in [-0.3, -0.25) is 29.1 Å². The number of rotatable bonds is 9. The lowest BCUT2D eigenvalue weighted by atomic mass is 9.90. The number of carbonyl (C=O) groups is 1. The maximum absolute atomic E-state index is 14.4. The largest absolute Gasteiger partial charge is 0.496 e. The number of benzene rings is 3. The van der Waals surface area contributed by atoms with Gasteiger partial charge in [0, 0.05) is 36.5 Å². The van der Waals surface area contributed by atoms with Crippen LogP contribution in [0.4, 0.5) is 5.69 Å². The summed E-state index contributed by atoms with van der Waals surface area (Å²) >= 11 is 2.11. The molecule has 3 heterocycles. The average Bonchev–Trinajstić information content (AvgIpc) is 3.37. The number of nitrogens with zero attached hydrogens (tertiary/aromatic N) is 5. The number of hydrogen-bond donors (Lipinski definition) is 1. The van der Waals surface area contributed by atoms with E-state index in [0.29, 0.717) is 51.7 Å². The Labute approximate surface area is 288 Å². The van der Waals surface area contributed by atoms with Gasteiger partial charge in [-0.15, -0.1) is 0 Å². The second kappa shape index (κ2) is 13.6. The number of allylic oxidation sites excluding steroid dienone is 1. The van der Waals surface area contributed by atoms with Crippen LogP contribution in [0.15, 0.2) is 96.6 Å². The Bertz CT molecular complexity index is 2430. The van der Waals surface area contributed by atoms with Gasteiger partial charge in [0.1, 0.15) is 11.8 Å². The number of aromatic nitrogens is 3. The number of aromatic amines is 1. The molecule has 0 saturated heterocycles. The lowest BCUT2D eigenvalue weighted by molar-refractivity contribution is -0.387. The van der Waals surface area contributed by atoms with Crippen molar-refractivity contribution in [3.05, 3.63) is 129 Å². The van der Waals surface area contributed by atoms with Gasteiger partial charge in [0.05, 0.1) is 32.7 Å². The lowest BCUT2D eigenvalue weighted by Crippen LogP contribution is -2.43. The molecular weight excluding hydrogens is 665 g/mol. The van der Waals surface area contributed by atoms with Gasteiger partial charge in [-0.25, -0.2) is 9.98 Å². The van der Waals surface area contributed by atoms with Crippen LogP contribution in [0.2, 0.25) is 0 Å². The molecule has 2 aromatic heterocycles. The van der Waals surface area contributed by atoms with Gasteiger partial charge in [0.2, 0.25) is 0 Å². The van der Waals surface area contributed by atoms with Crippen LogP contribution in [0, 0.1) is 17.0 Å². The van der Waals surface area contributed by atoms with Crippen molar-refractivity contribution in [1.29, 1.82) is 0 Å². The topological polar surface area (TPSA) is 153 Å². The van der Waals surface area contributed by atoms with Crippen LogP contribution >= 0.6 is 23.1 Å². The second-order valence-electron chi connectivity index (χ2n) is 11.2. The highest BCUT2D eigenvalue weighted by atomic mass is 32.2. The van der Waals surface area contributed by atoms with Crippen LogP contribution in [0.3, 0.4) is 0 Å². The molecule has 5 aromatic rings. The summed E-state index contributed by atoms with van der Waals surface area (Å²) < 4.78 is 7.67. The molecule has 0 aliphatic carbocycles. The van der Waals surface area contributed by atoms with E-state index in [1.54, 1.807) is 44.1 Å². The number of fused-ring (bicyclic) bond motifs is 2. The molecule has 0 spiro atoms. The predicted molar refractivity (Wildman–Crippen MR) is 189 cm³/mol. The first kappa shape index (κ1) is 33.6. The number of nitro groups is 1. The number of nitro benzene ring substituents is 1. The first-order chi connectivity index (χ1) is 23.5. The molecule has 1 aliphatic rings. The second-order valence-corrected chi connectivity index (χ2v) is 13.3. The third-order valence-corrected chi connectivity index (χ3v) is 10.2. The van der Waals surface area contributed by atoms with Crippen molar-refractivity contribution in [2.24, 2.45) is 4.99 Å². The third-order valence-electron chi connectivity index (χ3n) is 8.26. The van der Waals surface area contributed by atoms with Crippen molar-refractivity contribution >= 4 is 51.5 Å². The summed E-state index contributed by atoms with van der Waals surface area (Å²) in [4.78, 5) is 66.1. The van der Waals surface area contributed by atoms with Gasteiger partial charge < -0.3 is 14.6 Å². The van der Waals surface area contributed by atoms with Crippen LogP contribution in [-0.4, -0.2) is 50.5 Å². The van der Waals surface area contributed by atoms with E-state index in [4.69, 9.17) is 9.73 Å². The zero-order valence-electron chi connectivity index (χ0n) is 27.3. The SMILES string of the molecule is CCN(CC)C(=O)C1=C(C)N=c2s/c(=C\c3ccc(Sc4nc(C)cc(=O)[nH]4)c([N+](=O)[O-])c3)c(=O)n2[C@H]1c1c(OC)ccc2ccccc12. The number of carbonyl (C=O) groups excluding carboxylic acids is 1. The molecule has 14 heteroatoms. The van der Waals surface area contributed by atoms with Gasteiger partial charge in [-0.2, -0.15) is 0 Å². The van der Waals surface area contributed by atoms with Crippen LogP contribution in [-0.2, 0) is 4.79 Å². The van der Waals surface area contributed by atoms with Crippen LogP contribution in [0.25, 0.3) is 16.8 Å². The Morgan fingerprint density at radius 1 is 1.12 bits per heavy atom. The Kier molecular flexibility index (Phi) is 9.35. The smallest absolute Gasteiger partial charge is 0.283 e. The summed E-state index contributed by atoms with van der Waals surface area (Å²) in [5.74, 6) is 0.291. The number of amides is 1. The van der Waals surface area contributed by atoms with Crippen molar-refractivity contribution in [3.63, 3.8) is 0 Å². The van der Waals surface area contributed by atoms with Gasteiger partial charge in [-0.1, -0.05) is 47.7 Å². The quantitative estimate of drug-likeness (QED) is 0.132. The molecule has 0 radical (unpaired) electrons. The van der Waals surface area contributed by atoms with Crippen LogP contribution in [0.5, 0.6) is 5.75 Å². The first-order valence-corrected chi connectivity index (χ1v) is 17.1. The van der Waals surface area contributed by atoms with Gasteiger partial charge in [0.25, 0.3) is 22.7 Å². The fraction of sp³-hybridized carbons (Fsp3) is 0.229. The number of thiazole rings is 1. The molecule has 1 N–H and O–H groups in total. The summed E-state index contributed by atoms with van der Waals surface area (Å²) in [5, 5.41) is 14.1. The zero-order chi connectivity index (χ0) is 35.0. The van der Waals surface area contributed by atoms with Gasteiger partial charge in [-0.05, 0) is 74.0 Å². The minimum absolute atomic E-state index is 0.211. The third kappa shape index (κ3) is 6.32. The summed E-state index contributed by atoms with van der Waals surface area (Å²) in [5.41, 5.74) is 1.46. The fourth-order valence-corrected chi connectivity index (χ4v) is 7.96. The molecule has 0 unspecified atom stereocenters. The summed E-state index contributed by atoms with van der Waals surface area (Å²) in [6.07, 6.45) is 1.58. The molecule has 12 nitrogen and oxygen atoms in total. The van der Waals surface area contributed by atoms with Crippen molar-refractivity contribution < 1.29 is 14.5 Å². The molecular formula is C35H32N6O6S2. The highest BCUT2D eigenvalue weighted by Crippen LogP contribution is 2.40. The molecule has 0 saturated carbocycles. The molecule has 1 atom stereocenters. The molecule has 1 aliphatic heterocycles. The summed E-state index contributed by atoms with van der Waals surface area (Å²) in [6, 6.07) is 16.6. The number of nitrogens with one attached hydrogen (secondary N) is 1. The number of likely N-dealkylation sites (N-methyl/N-ethyl adjacent to an activating group) is 1. The molecule has 49 heavy (non-hydrogen) atoms. The number of aryl methyl sites for hydroxylation is 1. The van der Waals surface area contributed by atoms with E-state index in [2.05, 4.69) is 9.97 Å². The Balaban J connectivity index is 1.55. The number of hydrogen-bond acceptors (Lipinski definition) is 10. The minimum Gasteiger partial charge on any atom is -0.496 e. The van der Waals surface area contributed by atoms with E-state index in [1.165, 1.54) is 16.7 Å². The van der Waals surface area contributed by atoms with E-state index in [0.717, 1.165) is 33.9 Å². The van der Waals surface area contributed by atoms with E-state index < -0.39 is 16.5 Å². The maximum atomic E-state index is 14.4. The first-order valence-electron chi connectivity index (χ1n) is 15.5. The van der Waals surface area contributed by atoms with Crippen LogP contribution < -0.4 is 25.2 Å². The highest BCUT2D eigenvalue weighted by Gasteiger charge is 2.36. The van der Waals surface area contributed by atoms with Crippen molar-refractivity contribution in [2.75, 3.05) is 20.2 Å². The molecule has 0 bridgehead atoms. The molecule has 0 fully saturated rings. The van der Waals surface area contributed by atoms with E-state index in [9.17, 15) is 24.5 Å². The summed E-state index contributed by atoms with van der Waals surface area (Å²) in [6.45, 7) is 8.18.